The van der Waals surface area contributed by atoms with Gasteiger partial charge in [-0.1, -0.05) is 32.6 Å². The molecule has 0 unspecified atom stereocenters. The second-order valence-corrected chi connectivity index (χ2v) is 6.64. The maximum absolute atomic E-state index is 11.9. The predicted octanol–water partition coefficient (Wildman–Crippen LogP) is 5.00. The number of ether oxygens (including phenoxy) is 2. The molecule has 1 aromatic heterocycles. The number of furan rings is 1. The molecule has 0 saturated carbocycles. The Labute approximate surface area is 178 Å². The zero-order valence-corrected chi connectivity index (χ0v) is 18.1. The van der Waals surface area contributed by atoms with Gasteiger partial charge in [0.2, 0.25) is 0 Å². The first-order valence-electron chi connectivity index (χ1n) is 9.70. The Morgan fingerprint density at radius 1 is 0.931 bits per heavy atom. The van der Waals surface area contributed by atoms with E-state index in [1.165, 1.54) is 46.0 Å². The molecule has 0 aliphatic heterocycles. The molecule has 0 spiro atoms. The van der Waals surface area contributed by atoms with E-state index in [9.17, 15) is 9.59 Å². The van der Waals surface area contributed by atoms with Crippen molar-refractivity contribution >= 4 is 24.3 Å². The maximum Gasteiger partial charge on any atom is 0.337 e. The fraction of sp³-hybridized carbons (Fsp3) is 0.455. The van der Waals surface area contributed by atoms with Crippen molar-refractivity contribution in [2.24, 2.45) is 0 Å². The van der Waals surface area contributed by atoms with E-state index in [2.05, 4.69) is 12.2 Å². The normalized spacial score (nSPS) is 10.3. The molecule has 7 heteroatoms. The summed E-state index contributed by atoms with van der Waals surface area (Å²) >= 11 is 0. The van der Waals surface area contributed by atoms with Gasteiger partial charge in [0.25, 0.3) is 0 Å². The third kappa shape index (κ3) is 7.55. The third-order valence-electron chi connectivity index (χ3n) is 4.48. The number of carbonyl (C=O) groups excluding carboxylic acids is 2. The van der Waals surface area contributed by atoms with E-state index in [4.69, 9.17) is 13.9 Å². The summed E-state index contributed by atoms with van der Waals surface area (Å²) in [6.45, 7) is 3.79. The van der Waals surface area contributed by atoms with E-state index >= 15 is 0 Å². The first-order chi connectivity index (χ1) is 13.6. The lowest BCUT2D eigenvalue weighted by atomic mass is 10.0. The Morgan fingerprint density at radius 2 is 1.55 bits per heavy atom. The molecule has 0 bridgehead atoms. The van der Waals surface area contributed by atoms with Crippen molar-refractivity contribution in [1.82, 2.24) is 5.32 Å². The number of rotatable bonds is 11. The highest BCUT2D eigenvalue weighted by Gasteiger charge is 2.16. The van der Waals surface area contributed by atoms with Crippen LogP contribution >= 0.6 is 12.4 Å². The van der Waals surface area contributed by atoms with E-state index in [1.54, 1.807) is 12.1 Å². The van der Waals surface area contributed by atoms with Crippen LogP contribution in [-0.4, -0.2) is 32.7 Å². The minimum absolute atomic E-state index is 0. The standard InChI is InChI=1S/C22H29NO5.ClH/c1-4-5-6-7-8-11-23-15-19-9-10-20(28-19)16-12-17(21(24)26-2)14-18(13-16)22(25)27-3;/h9-10,12-14,23H,4-8,11,15H2,1-3H3;1H. The van der Waals surface area contributed by atoms with Gasteiger partial charge in [-0.3, -0.25) is 0 Å². The summed E-state index contributed by atoms with van der Waals surface area (Å²) in [6, 6.07) is 8.45. The molecule has 160 valence electrons. The van der Waals surface area contributed by atoms with Gasteiger partial charge in [-0.2, -0.15) is 0 Å². The fourth-order valence-electron chi connectivity index (χ4n) is 2.93. The number of methoxy groups -OCH3 is 2. The minimum Gasteiger partial charge on any atom is -0.465 e. The number of halogens is 1. The SMILES string of the molecule is CCCCCCCNCc1ccc(-c2cc(C(=O)OC)cc(C(=O)OC)c2)o1.Cl. The lowest BCUT2D eigenvalue weighted by Crippen LogP contribution is -2.14. The molecule has 0 fully saturated rings. The monoisotopic (exact) mass is 423 g/mol. The Balaban J connectivity index is 0.00000420. The molecule has 1 N–H and O–H groups in total. The van der Waals surface area contributed by atoms with Crippen molar-refractivity contribution in [2.75, 3.05) is 20.8 Å². The Morgan fingerprint density at radius 3 is 2.14 bits per heavy atom. The van der Waals surface area contributed by atoms with Crippen LogP contribution in [0.3, 0.4) is 0 Å². The smallest absolute Gasteiger partial charge is 0.337 e. The van der Waals surface area contributed by atoms with E-state index in [1.807, 2.05) is 12.1 Å². The van der Waals surface area contributed by atoms with Crippen molar-refractivity contribution < 1.29 is 23.5 Å². The highest BCUT2D eigenvalue weighted by atomic mass is 35.5. The number of unbranched alkanes of at least 4 members (excludes halogenated alkanes) is 4. The topological polar surface area (TPSA) is 77.8 Å². The molecular formula is C22H30ClNO5. The van der Waals surface area contributed by atoms with Gasteiger partial charge < -0.3 is 19.2 Å². The van der Waals surface area contributed by atoms with Gasteiger partial charge in [0, 0.05) is 5.56 Å². The second-order valence-electron chi connectivity index (χ2n) is 6.64. The van der Waals surface area contributed by atoms with Crippen molar-refractivity contribution in [3.8, 4) is 11.3 Å². The van der Waals surface area contributed by atoms with Gasteiger partial charge in [0.15, 0.2) is 0 Å². The van der Waals surface area contributed by atoms with Crippen molar-refractivity contribution in [3.05, 3.63) is 47.2 Å². The zero-order chi connectivity index (χ0) is 20.4. The molecule has 0 saturated heterocycles. The van der Waals surface area contributed by atoms with Gasteiger partial charge in [-0.05, 0) is 43.3 Å². The molecule has 29 heavy (non-hydrogen) atoms. The molecule has 0 radical (unpaired) electrons. The molecular weight excluding hydrogens is 394 g/mol. The Kier molecular flexibility index (Phi) is 11.1. The van der Waals surface area contributed by atoms with E-state index in [-0.39, 0.29) is 23.5 Å². The summed E-state index contributed by atoms with van der Waals surface area (Å²) in [5.74, 6) is 0.328. The Bertz CT molecular complexity index is 753. The number of hydrogen-bond acceptors (Lipinski definition) is 6. The summed E-state index contributed by atoms with van der Waals surface area (Å²) in [6.07, 6.45) is 6.21. The highest BCUT2D eigenvalue weighted by Crippen LogP contribution is 2.25. The van der Waals surface area contributed by atoms with Gasteiger partial charge in [0.1, 0.15) is 11.5 Å². The van der Waals surface area contributed by atoms with Crippen LogP contribution in [0.1, 0.15) is 65.5 Å². The van der Waals surface area contributed by atoms with Crippen molar-refractivity contribution in [3.63, 3.8) is 0 Å². The van der Waals surface area contributed by atoms with Crippen LogP contribution in [0, 0.1) is 0 Å². The molecule has 0 amide bonds. The van der Waals surface area contributed by atoms with E-state index in [0.29, 0.717) is 17.9 Å². The molecule has 2 rings (SSSR count). The molecule has 1 aromatic carbocycles. The maximum atomic E-state index is 11.9. The van der Waals surface area contributed by atoms with Crippen LogP contribution in [0.4, 0.5) is 0 Å². The van der Waals surface area contributed by atoms with Crippen LogP contribution in [0.2, 0.25) is 0 Å². The quantitative estimate of drug-likeness (QED) is 0.404. The summed E-state index contributed by atoms with van der Waals surface area (Å²) in [7, 11) is 2.59. The molecule has 0 aliphatic carbocycles. The molecule has 0 atom stereocenters. The lowest BCUT2D eigenvalue weighted by Gasteiger charge is -2.07. The van der Waals surface area contributed by atoms with Crippen LogP contribution in [0.15, 0.2) is 34.7 Å². The average molecular weight is 424 g/mol. The molecule has 2 aromatic rings. The summed E-state index contributed by atoms with van der Waals surface area (Å²) in [4.78, 5) is 23.8. The molecule has 0 aliphatic rings. The number of nitrogens with one attached hydrogen (secondary N) is 1. The average Bonchev–Trinajstić information content (AvgIpc) is 3.20. The van der Waals surface area contributed by atoms with Crippen molar-refractivity contribution in [2.45, 2.75) is 45.6 Å². The number of benzene rings is 1. The summed E-state index contributed by atoms with van der Waals surface area (Å²) in [5, 5.41) is 3.38. The number of esters is 2. The predicted molar refractivity (Wildman–Crippen MR) is 115 cm³/mol. The fourth-order valence-corrected chi connectivity index (χ4v) is 2.93. The van der Waals surface area contributed by atoms with Crippen LogP contribution < -0.4 is 5.32 Å². The largest absolute Gasteiger partial charge is 0.465 e. The van der Waals surface area contributed by atoms with Crippen LogP contribution in [0.5, 0.6) is 0 Å². The Hall–Kier alpha value is -2.31. The zero-order valence-electron chi connectivity index (χ0n) is 17.3. The summed E-state index contributed by atoms with van der Waals surface area (Å²) < 4.78 is 15.4. The first-order valence-corrected chi connectivity index (χ1v) is 9.70. The number of carbonyl (C=O) groups is 2. The molecule has 6 nitrogen and oxygen atoms in total. The summed E-state index contributed by atoms with van der Waals surface area (Å²) in [5.41, 5.74) is 1.15. The van der Waals surface area contributed by atoms with Crippen molar-refractivity contribution in [1.29, 1.82) is 0 Å². The van der Waals surface area contributed by atoms with Gasteiger partial charge in [0.05, 0.1) is 31.9 Å². The second kappa shape index (κ2) is 13.0. The van der Waals surface area contributed by atoms with Gasteiger partial charge in [-0.25, -0.2) is 9.59 Å². The highest BCUT2D eigenvalue weighted by molar-refractivity contribution is 5.97. The number of hydrogen-bond donors (Lipinski definition) is 1. The van der Waals surface area contributed by atoms with Crippen LogP contribution in [-0.2, 0) is 16.0 Å². The van der Waals surface area contributed by atoms with E-state index in [0.717, 1.165) is 18.7 Å². The third-order valence-corrected chi connectivity index (χ3v) is 4.48. The molecule has 1 heterocycles. The van der Waals surface area contributed by atoms with Gasteiger partial charge in [-0.15, -0.1) is 12.4 Å². The van der Waals surface area contributed by atoms with Gasteiger partial charge >= 0.3 is 11.9 Å². The van der Waals surface area contributed by atoms with E-state index < -0.39 is 11.9 Å². The lowest BCUT2D eigenvalue weighted by molar-refractivity contribution is 0.0599. The minimum atomic E-state index is -0.525. The first kappa shape index (κ1) is 24.7. The van der Waals surface area contributed by atoms with Crippen LogP contribution in [0.25, 0.3) is 11.3 Å².